The molecule has 0 spiro atoms. The van der Waals surface area contributed by atoms with E-state index in [-0.39, 0.29) is 18.1 Å². The zero-order chi connectivity index (χ0) is 17.4. The number of hydrogen-bond acceptors (Lipinski definition) is 7. The van der Waals surface area contributed by atoms with Crippen LogP contribution >= 0.6 is 0 Å². The Morgan fingerprint density at radius 3 is 2.38 bits per heavy atom. The van der Waals surface area contributed by atoms with Gasteiger partial charge in [-0.15, -0.1) is 0 Å². The summed E-state index contributed by atoms with van der Waals surface area (Å²) in [6.45, 7) is 2.26. The van der Waals surface area contributed by atoms with Crippen molar-refractivity contribution >= 4 is 17.4 Å². The first-order chi connectivity index (χ1) is 11.6. The largest absolute Gasteiger partial charge is 0.494 e. The molecule has 0 unspecified atom stereocenters. The summed E-state index contributed by atoms with van der Waals surface area (Å²) >= 11 is 0. The Kier molecular flexibility index (Phi) is 5.89. The van der Waals surface area contributed by atoms with Gasteiger partial charge in [-0.25, -0.2) is 4.98 Å². The second-order valence-corrected chi connectivity index (χ2v) is 4.53. The van der Waals surface area contributed by atoms with Gasteiger partial charge in [0.1, 0.15) is 23.5 Å². The standard InChI is InChI=1S/C15H16N4O5/c1-2-23-12-4-6-13(7-5-12)24-10-15(20)18-17-14-8-3-11(9-16-14)19(21)22/h3-9H,2,10H2,1H3,(H,16,17)(H,18,20). The molecule has 1 amide bonds. The molecule has 24 heavy (non-hydrogen) atoms. The maximum Gasteiger partial charge on any atom is 0.287 e. The fourth-order valence-corrected chi connectivity index (χ4v) is 1.69. The maximum absolute atomic E-state index is 11.7. The van der Waals surface area contributed by atoms with E-state index in [1.807, 2.05) is 6.92 Å². The van der Waals surface area contributed by atoms with Crippen LogP contribution in [0.25, 0.3) is 0 Å². The topological polar surface area (TPSA) is 116 Å². The number of anilines is 1. The van der Waals surface area contributed by atoms with Crippen molar-refractivity contribution in [2.45, 2.75) is 6.92 Å². The molecule has 126 valence electrons. The van der Waals surface area contributed by atoms with Gasteiger partial charge in [0.05, 0.1) is 11.5 Å². The van der Waals surface area contributed by atoms with Crippen molar-refractivity contribution in [2.24, 2.45) is 0 Å². The average Bonchev–Trinajstić information content (AvgIpc) is 2.60. The summed E-state index contributed by atoms with van der Waals surface area (Å²) in [6.07, 6.45) is 1.09. The van der Waals surface area contributed by atoms with Crippen molar-refractivity contribution in [1.29, 1.82) is 0 Å². The summed E-state index contributed by atoms with van der Waals surface area (Å²) < 4.78 is 10.6. The summed E-state index contributed by atoms with van der Waals surface area (Å²) in [5.74, 6) is 1.10. The lowest BCUT2D eigenvalue weighted by molar-refractivity contribution is -0.385. The molecule has 1 aromatic carbocycles. The first-order valence-electron chi connectivity index (χ1n) is 7.09. The van der Waals surface area contributed by atoms with E-state index in [0.29, 0.717) is 12.4 Å². The van der Waals surface area contributed by atoms with E-state index in [4.69, 9.17) is 9.47 Å². The number of aromatic nitrogens is 1. The Hall–Kier alpha value is -3.36. The number of benzene rings is 1. The fraction of sp³-hybridized carbons (Fsp3) is 0.200. The molecule has 2 rings (SSSR count). The van der Waals surface area contributed by atoms with Crippen LogP contribution in [0, 0.1) is 10.1 Å². The Bertz CT molecular complexity index is 688. The molecule has 2 N–H and O–H groups in total. The lowest BCUT2D eigenvalue weighted by Gasteiger charge is -2.09. The monoisotopic (exact) mass is 332 g/mol. The molecular formula is C15H16N4O5. The Morgan fingerprint density at radius 1 is 1.17 bits per heavy atom. The van der Waals surface area contributed by atoms with E-state index in [1.165, 1.54) is 12.1 Å². The van der Waals surface area contributed by atoms with Gasteiger partial charge < -0.3 is 9.47 Å². The molecule has 9 heteroatoms. The van der Waals surface area contributed by atoms with Gasteiger partial charge in [0.2, 0.25) is 0 Å². The highest BCUT2D eigenvalue weighted by atomic mass is 16.6. The molecule has 0 fully saturated rings. The molecular weight excluding hydrogens is 316 g/mol. The van der Waals surface area contributed by atoms with Crippen molar-refractivity contribution in [3.63, 3.8) is 0 Å². The van der Waals surface area contributed by atoms with E-state index in [0.717, 1.165) is 11.9 Å². The van der Waals surface area contributed by atoms with Crippen molar-refractivity contribution in [1.82, 2.24) is 10.4 Å². The minimum absolute atomic E-state index is 0.134. The van der Waals surface area contributed by atoms with Crippen LogP contribution in [0.4, 0.5) is 11.5 Å². The summed E-state index contributed by atoms with van der Waals surface area (Å²) in [5, 5.41) is 10.5. The quantitative estimate of drug-likeness (QED) is 0.560. The molecule has 2 aromatic rings. The van der Waals surface area contributed by atoms with Crippen LogP contribution in [-0.4, -0.2) is 29.0 Å². The molecule has 1 heterocycles. The maximum atomic E-state index is 11.7. The molecule has 0 aliphatic heterocycles. The van der Waals surface area contributed by atoms with E-state index in [1.54, 1.807) is 24.3 Å². The van der Waals surface area contributed by atoms with E-state index in [9.17, 15) is 14.9 Å². The number of amides is 1. The van der Waals surface area contributed by atoms with E-state index < -0.39 is 10.8 Å². The number of nitrogens with zero attached hydrogens (tertiary/aromatic N) is 2. The van der Waals surface area contributed by atoms with Crippen molar-refractivity contribution in [3.05, 3.63) is 52.7 Å². The zero-order valence-corrected chi connectivity index (χ0v) is 12.9. The molecule has 1 aromatic heterocycles. The van der Waals surface area contributed by atoms with Crippen LogP contribution in [0.2, 0.25) is 0 Å². The minimum Gasteiger partial charge on any atom is -0.494 e. The SMILES string of the molecule is CCOc1ccc(OCC(=O)NNc2ccc([N+](=O)[O-])cn2)cc1. The van der Waals surface area contributed by atoms with Gasteiger partial charge in [-0.05, 0) is 37.3 Å². The second-order valence-electron chi connectivity index (χ2n) is 4.53. The van der Waals surface area contributed by atoms with Gasteiger partial charge in [-0.3, -0.25) is 25.8 Å². The molecule has 0 atom stereocenters. The van der Waals surface area contributed by atoms with Crippen molar-refractivity contribution in [2.75, 3.05) is 18.6 Å². The van der Waals surface area contributed by atoms with Gasteiger partial charge in [0.25, 0.3) is 11.6 Å². The highest BCUT2D eigenvalue weighted by molar-refractivity contribution is 5.78. The predicted molar refractivity (Wildman–Crippen MR) is 85.8 cm³/mol. The van der Waals surface area contributed by atoms with Crippen LogP contribution < -0.4 is 20.3 Å². The number of carbonyl (C=O) groups excluding carboxylic acids is 1. The second kappa shape index (κ2) is 8.32. The van der Waals surface area contributed by atoms with Crippen LogP contribution in [-0.2, 0) is 4.79 Å². The molecule has 0 bridgehead atoms. The highest BCUT2D eigenvalue weighted by Gasteiger charge is 2.06. The lowest BCUT2D eigenvalue weighted by Crippen LogP contribution is -2.33. The number of carbonyl (C=O) groups is 1. The number of nitrogens with one attached hydrogen (secondary N) is 2. The van der Waals surface area contributed by atoms with Crippen molar-refractivity contribution in [3.8, 4) is 11.5 Å². The van der Waals surface area contributed by atoms with Gasteiger partial charge >= 0.3 is 0 Å². The number of pyridine rings is 1. The van der Waals surface area contributed by atoms with Gasteiger partial charge in [-0.2, -0.15) is 0 Å². The zero-order valence-electron chi connectivity index (χ0n) is 12.9. The molecule has 9 nitrogen and oxygen atoms in total. The first kappa shape index (κ1) is 17.0. The normalized spacial score (nSPS) is 9.88. The van der Waals surface area contributed by atoms with Crippen LogP contribution in [0.5, 0.6) is 11.5 Å². The number of hydrazine groups is 1. The third-order valence-corrected chi connectivity index (χ3v) is 2.79. The van der Waals surface area contributed by atoms with Crippen LogP contribution in [0.1, 0.15) is 6.92 Å². The lowest BCUT2D eigenvalue weighted by atomic mass is 10.3. The molecule has 0 aliphatic carbocycles. The summed E-state index contributed by atoms with van der Waals surface area (Å²) in [7, 11) is 0. The third-order valence-electron chi connectivity index (χ3n) is 2.79. The number of rotatable bonds is 8. The van der Waals surface area contributed by atoms with Crippen molar-refractivity contribution < 1.29 is 19.2 Å². The number of ether oxygens (including phenoxy) is 2. The molecule has 0 aliphatic rings. The first-order valence-corrected chi connectivity index (χ1v) is 7.09. The van der Waals surface area contributed by atoms with Crippen LogP contribution in [0.15, 0.2) is 42.6 Å². The summed E-state index contributed by atoms with van der Waals surface area (Å²) in [6, 6.07) is 9.54. The molecule has 0 saturated carbocycles. The van der Waals surface area contributed by atoms with E-state index in [2.05, 4.69) is 15.8 Å². The average molecular weight is 332 g/mol. The smallest absolute Gasteiger partial charge is 0.287 e. The highest BCUT2D eigenvalue weighted by Crippen LogP contribution is 2.17. The molecule has 0 radical (unpaired) electrons. The Labute approximate surface area is 137 Å². The third kappa shape index (κ3) is 5.13. The predicted octanol–water partition coefficient (Wildman–Crippen LogP) is 1.91. The minimum atomic E-state index is -0.556. The number of nitro groups is 1. The van der Waals surface area contributed by atoms with Gasteiger partial charge in [-0.1, -0.05) is 0 Å². The van der Waals surface area contributed by atoms with Crippen LogP contribution in [0.3, 0.4) is 0 Å². The van der Waals surface area contributed by atoms with E-state index >= 15 is 0 Å². The Morgan fingerprint density at radius 2 is 1.83 bits per heavy atom. The fourth-order valence-electron chi connectivity index (χ4n) is 1.69. The Balaban J connectivity index is 1.75. The van der Waals surface area contributed by atoms with Gasteiger partial charge in [0, 0.05) is 6.07 Å². The summed E-state index contributed by atoms with van der Waals surface area (Å²) in [4.78, 5) is 25.4. The number of hydrogen-bond donors (Lipinski definition) is 2. The summed E-state index contributed by atoms with van der Waals surface area (Å²) in [5.41, 5.74) is 4.78. The molecule has 0 saturated heterocycles. The van der Waals surface area contributed by atoms with Gasteiger partial charge in [0.15, 0.2) is 6.61 Å².